The second-order valence-corrected chi connectivity index (χ2v) is 14.8. The van der Waals surface area contributed by atoms with Crippen molar-refractivity contribution in [3.63, 3.8) is 0 Å². The molecule has 0 atom stereocenters. The summed E-state index contributed by atoms with van der Waals surface area (Å²) in [6.45, 7) is 6.52. The smallest absolute Gasteiger partial charge is 0.0725 e. The molecule has 0 N–H and O–H groups in total. The van der Waals surface area contributed by atoms with Gasteiger partial charge < -0.3 is 4.90 Å². The van der Waals surface area contributed by atoms with Crippen LogP contribution in [-0.2, 0) is 5.41 Å². The Bertz CT molecular complexity index is 2690. The second-order valence-electron chi connectivity index (χ2n) is 14.8. The first kappa shape index (κ1) is 34.3. The van der Waals surface area contributed by atoms with Crippen molar-refractivity contribution in [3.8, 4) is 44.5 Å². The molecule has 0 unspecified atom stereocenters. The van der Waals surface area contributed by atoms with E-state index >= 15 is 0 Å². The van der Waals surface area contributed by atoms with Gasteiger partial charge in [-0.25, -0.2) is 0 Å². The molecular formula is C56H41N. The van der Waals surface area contributed by atoms with Crippen LogP contribution in [0.25, 0.3) is 50.1 Å². The molecule has 2 aliphatic rings. The number of hydrogen-bond acceptors (Lipinski definition) is 1. The molecule has 0 aliphatic heterocycles. The summed E-state index contributed by atoms with van der Waals surface area (Å²) in [5.74, 6) is 0. The summed E-state index contributed by atoms with van der Waals surface area (Å²) in [6, 6.07) is 72.9. The Hall–Kier alpha value is -7.22. The minimum Gasteiger partial charge on any atom is -0.311 e. The maximum Gasteiger partial charge on any atom is 0.0725 e. The van der Waals surface area contributed by atoms with Gasteiger partial charge in [-0.1, -0.05) is 183 Å². The number of allylic oxidation sites excluding steroid dienone is 5. The molecule has 0 saturated heterocycles. The van der Waals surface area contributed by atoms with Crippen molar-refractivity contribution >= 4 is 22.6 Å². The summed E-state index contributed by atoms with van der Waals surface area (Å²) in [4.78, 5) is 2.35. The molecule has 0 bridgehead atoms. The van der Waals surface area contributed by atoms with Crippen molar-refractivity contribution in [2.75, 3.05) is 4.90 Å². The van der Waals surface area contributed by atoms with Gasteiger partial charge in [0.05, 0.1) is 5.41 Å². The maximum absolute atomic E-state index is 4.42. The average Bonchev–Trinajstić information content (AvgIpc) is 3.74. The van der Waals surface area contributed by atoms with Crippen molar-refractivity contribution < 1.29 is 0 Å². The molecule has 0 amide bonds. The van der Waals surface area contributed by atoms with E-state index in [0.717, 1.165) is 17.1 Å². The fraction of sp³-hybridized carbons (Fsp3) is 0.0357. The minimum absolute atomic E-state index is 0.441. The Labute approximate surface area is 335 Å². The van der Waals surface area contributed by atoms with Crippen LogP contribution in [0, 0.1) is 0 Å². The van der Waals surface area contributed by atoms with Crippen LogP contribution in [0.3, 0.4) is 0 Å². The molecule has 10 rings (SSSR count). The van der Waals surface area contributed by atoms with Crippen LogP contribution < -0.4 is 4.90 Å². The highest BCUT2D eigenvalue weighted by molar-refractivity contribution is 5.98. The lowest BCUT2D eigenvalue weighted by Crippen LogP contribution is -2.26. The first-order valence-corrected chi connectivity index (χ1v) is 19.7. The summed E-state index contributed by atoms with van der Waals surface area (Å²) >= 11 is 0. The molecule has 0 heterocycles. The molecule has 1 nitrogen and oxygen atoms in total. The SMILES string of the molecule is C=CC1=C(/C=C\C)c2ccc(-c3ccc(N(c4ccc(-c5ccccc5)cc4)c4ccc(-c5ccccc5)cc4)cc3)cc2C12c1ccccc1-c1ccccc12. The van der Waals surface area contributed by atoms with Gasteiger partial charge in [0.25, 0.3) is 0 Å². The van der Waals surface area contributed by atoms with Crippen LogP contribution in [0.15, 0.2) is 231 Å². The zero-order chi connectivity index (χ0) is 38.3. The Morgan fingerprint density at radius 1 is 0.404 bits per heavy atom. The molecule has 0 saturated carbocycles. The Morgan fingerprint density at radius 2 is 0.807 bits per heavy atom. The number of anilines is 3. The molecule has 0 aromatic heterocycles. The number of fused-ring (bicyclic) bond motifs is 7. The topological polar surface area (TPSA) is 3.24 Å². The molecule has 1 spiro atoms. The van der Waals surface area contributed by atoms with Crippen LogP contribution >= 0.6 is 0 Å². The number of rotatable bonds is 8. The quantitative estimate of drug-likeness (QED) is 0.151. The molecule has 57 heavy (non-hydrogen) atoms. The van der Waals surface area contributed by atoms with E-state index in [1.165, 1.54) is 77.9 Å². The molecule has 0 radical (unpaired) electrons. The predicted molar refractivity (Wildman–Crippen MR) is 241 cm³/mol. The van der Waals surface area contributed by atoms with Crippen LogP contribution in [0.5, 0.6) is 0 Å². The average molecular weight is 728 g/mol. The van der Waals surface area contributed by atoms with E-state index in [9.17, 15) is 0 Å². The Kier molecular flexibility index (Phi) is 8.50. The van der Waals surface area contributed by atoms with Crippen LogP contribution in [0.1, 0.15) is 29.2 Å². The molecule has 0 fully saturated rings. The summed E-state index contributed by atoms with van der Waals surface area (Å²) in [6.07, 6.45) is 6.50. The fourth-order valence-corrected chi connectivity index (χ4v) is 9.30. The van der Waals surface area contributed by atoms with Crippen molar-refractivity contribution in [2.24, 2.45) is 0 Å². The standard InChI is InChI=1S/C56H41N/c1-3-15-48-51-37-30-44(38-55(51)56(52(48)4-2)53-22-13-11-20-49(53)50-21-12-14-23-54(50)56)43-28-35-47(36-29-43)57(45-31-24-41(25-32-45)39-16-7-5-8-17-39)46-33-26-42(27-34-46)40-18-9-6-10-19-40/h3-38H,2H2,1H3/b15-3-. The number of nitrogens with zero attached hydrogens (tertiary/aromatic N) is 1. The number of hydrogen-bond donors (Lipinski definition) is 0. The summed E-state index contributed by atoms with van der Waals surface area (Å²) in [7, 11) is 0. The van der Waals surface area contributed by atoms with E-state index < -0.39 is 5.41 Å². The highest BCUT2D eigenvalue weighted by atomic mass is 15.1. The molecule has 8 aromatic carbocycles. The molecule has 1 heteroatoms. The van der Waals surface area contributed by atoms with Gasteiger partial charge in [-0.05, 0) is 127 Å². The lowest BCUT2D eigenvalue weighted by Gasteiger charge is -2.31. The van der Waals surface area contributed by atoms with E-state index in [2.05, 4.69) is 237 Å². The van der Waals surface area contributed by atoms with Gasteiger partial charge in [-0.3, -0.25) is 0 Å². The van der Waals surface area contributed by atoms with Gasteiger partial charge >= 0.3 is 0 Å². The Balaban J connectivity index is 1.07. The first-order valence-electron chi connectivity index (χ1n) is 19.7. The second kappa shape index (κ2) is 14.1. The van der Waals surface area contributed by atoms with Crippen LogP contribution in [-0.4, -0.2) is 0 Å². The Morgan fingerprint density at radius 3 is 1.26 bits per heavy atom. The molecule has 270 valence electrons. The van der Waals surface area contributed by atoms with E-state index in [1.807, 2.05) is 0 Å². The highest BCUT2D eigenvalue weighted by Gasteiger charge is 2.51. The van der Waals surface area contributed by atoms with Gasteiger partial charge in [0, 0.05) is 17.1 Å². The molecular weight excluding hydrogens is 687 g/mol. The third kappa shape index (κ3) is 5.54. The lowest BCUT2D eigenvalue weighted by atomic mass is 9.69. The molecule has 8 aromatic rings. The van der Waals surface area contributed by atoms with E-state index in [0.29, 0.717) is 0 Å². The van der Waals surface area contributed by atoms with Gasteiger partial charge in [0.15, 0.2) is 0 Å². The number of benzene rings is 8. The van der Waals surface area contributed by atoms with Gasteiger partial charge in [-0.15, -0.1) is 0 Å². The summed E-state index contributed by atoms with van der Waals surface area (Å²) in [5, 5.41) is 0. The molecule has 2 aliphatic carbocycles. The van der Waals surface area contributed by atoms with Crippen molar-refractivity contribution in [1.82, 2.24) is 0 Å². The monoisotopic (exact) mass is 727 g/mol. The predicted octanol–water partition coefficient (Wildman–Crippen LogP) is 15.0. The lowest BCUT2D eigenvalue weighted by molar-refractivity contribution is 0.787. The van der Waals surface area contributed by atoms with Crippen molar-refractivity contribution in [3.05, 3.63) is 253 Å². The third-order valence-corrected chi connectivity index (χ3v) is 11.8. The first-order chi connectivity index (χ1) is 28.2. The van der Waals surface area contributed by atoms with Crippen molar-refractivity contribution in [2.45, 2.75) is 12.3 Å². The largest absolute Gasteiger partial charge is 0.311 e. The van der Waals surface area contributed by atoms with Gasteiger partial charge in [0.1, 0.15) is 0 Å². The third-order valence-electron chi connectivity index (χ3n) is 11.8. The normalized spacial score (nSPS) is 13.4. The fourth-order valence-electron chi connectivity index (χ4n) is 9.30. The zero-order valence-electron chi connectivity index (χ0n) is 31.9. The van der Waals surface area contributed by atoms with Crippen LogP contribution in [0.2, 0.25) is 0 Å². The highest BCUT2D eigenvalue weighted by Crippen LogP contribution is 2.62. The van der Waals surface area contributed by atoms with Crippen LogP contribution in [0.4, 0.5) is 17.1 Å². The summed E-state index contributed by atoms with van der Waals surface area (Å²) < 4.78 is 0. The minimum atomic E-state index is -0.441. The van der Waals surface area contributed by atoms with E-state index in [1.54, 1.807) is 0 Å². The zero-order valence-corrected chi connectivity index (χ0v) is 31.9. The summed E-state index contributed by atoms with van der Waals surface area (Å²) in [5.41, 5.74) is 20.3. The van der Waals surface area contributed by atoms with Gasteiger partial charge in [0.2, 0.25) is 0 Å². The maximum atomic E-state index is 4.42. The van der Waals surface area contributed by atoms with Crippen molar-refractivity contribution in [1.29, 1.82) is 0 Å². The van der Waals surface area contributed by atoms with E-state index in [-0.39, 0.29) is 0 Å². The van der Waals surface area contributed by atoms with E-state index in [4.69, 9.17) is 0 Å². The van der Waals surface area contributed by atoms with Gasteiger partial charge in [-0.2, -0.15) is 0 Å².